The minimum Gasteiger partial charge on any atom is -0.462 e. The van der Waals surface area contributed by atoms with Crippen LogP contribution >= 0.6 is 0 Å². The maximum Gasteiger partial charge on any atom is 0.130 e. The Hall–Kier alpha value is -0.800. The van der Waals surface area contributed by atoms with Gasteiger partial charge in [0.25, 0.3) is 0 Å². The van der Waals surface area contributed by atoms with Crippen molar-refractivity contribution < 1.29 is 9.15 Å². The van der Waals surface area contributed by atoms with Crippen LogP contribution in [0, 0.1) is 18.8 Å². The summed E-state index contributed by atoms with van der Waals surface area (Å²) in [5.41, 5.74) is 1.22. The smallest absolute Gasteiger partial charge is 0.130 e. The molecule has 2 rings (SSSR count). The molecule has 1 N–H and O–H groups in total. The summed E-state index contributed by atoms with van der Waals surface area (Å²) in [7, 11) is 0. The Morgan fingerprint density at radius 3 is 2.85 bits per heavy atom. The van der Waals surface area contributed by atoms with Gasteiger partial charge in [0.2, 0.25) is 0 Å². The Morgan fingerprint density at radius 1 is 1.40 bits per heavy atom. The Bertz CT molecular complexity index is 394. The molecule has 1 heterocycles. The highest BCUT2D eigenvalue weighted by Crippen LogP contribution is 2.29. The molecule has 0 amide bonds. The fourth-order valence-corrected chi connectivity index (χ4v) is 2.52. The molecule has 3 nitrogen and oxygen atoms in total. The van der Waals surface area contributed by atoms with Gasteiger partial charge in [-0.1, -0.05) is 33.1 Å². The standard InChI is InChI=1S/C17H29NO2/c1-13(2)10-18-11-17-14(3)9-16(20-17)12-19-8-7-15-5-4-6-15/h9,13,15,18H,4-8,10-12H2,1-3H3. The summed E-state index contributed by atoms with van der Waals surface area (Å²) >= 11 is 0. The Balaban J connectivity index is 1.66. The highest BCUT2D eigenvalue weighted by Gasteiger charge is 2.16. The van der Waals surface area contributed by atoms with E-state index in [1.54, 1.807) is 0 Å². The van der Waals surface area contributed by atoms with Crippen LogP contribution in [0.15, 0.2) is 10.5 Å². The summed E-state index contributed by atoms with van der Waals surface area (Å²) in [5.74, 6) is 3.59. The monoisotopic (exact) mass is 279 g/mol. The molecule has 0 saturated heterocycles. The summed E-state index contributed by atoms with van der Waals surface area (Å²) in [5, 5.41) is 3.42. The zero-order chi connectivity index (χ0) is 14.4. The van der Waals surface area contributed by atoms with E-state index in [1.165, 1.54) is 31.2 Å². The normalized spacial score (nSPS) is 15.8. The zero-order valence-corrected chi connectivity index (χ0v) is 13.2. The molecule has 1 saturated carbocycles. The van der Waals surface area contributed by atoms with Crippen LogP contribution < -0.4 is 5.32 Å². The van der Waals surface area contributed by atoms with Crippen LogP contribution in [0.3, 0.4) is 0 Å². The van der Waals surface area contributed by atoms with Gasteiger partial charge < -0.3 is 14.5 Å². The van der Waals surface area contributed by atoms with Crippen LogP contribution in [-0.2, 0) is 17.9 Å². The van der Waals surface area contributed by atoms with E-state index < -0.39 is 0 Å². The minimum atomic E-state index is 0.609. The van der Waals surface area contributed by atoms with Crippen molar-refractivity contribution in [3.63, 3.8) is 0 Å². The van der Waals surface area contributed by atoms with Gasteiger partial charge in [-0.15, -0.1) is 0 Å². The number of nitrogens with one attached hydrogen (secondary N) is 1. The minimum absolute atomic E-state index is 0.609. The van der Waals surface area contributed by atoms with Crippen molar-refractivity contribution in [2.24, 2.45) is 11.8 Å². The molecular weight excluding hydrogens is 250 g/mol. The topological polar surface area (TPSA) is 34.4 Å². The first-order valence-electron chi connectivity index (χ1n) is 8.01. The highest BCUT2D eigenvalue weighted by molar-refractivity contribution is 5.19. The molecule has 1 aromatic rings. The van der Waals surface area contributed by atoms with E-state index in [2.05, 4.69) is 32.2 Å². The lowest BCUT2D eigenvalue weighted by atomic mass is 9.83. The lowest BCUT2D eigenvalue weighted by Crippen LogP contribution is -2.18. The van der Waals surface area contributed by atoms with Gasteiger partial charge in [0.1, 0.15) is 18.1 Å². The molecule has 0 spiro atoms. The van der Waals surface area contributed by atoms with Crippen LogP contribution in [0.2, 0.25) is 0 Å². The molecule has 0 aromatic carbocycles. The summed E-state index contributed by atoms with van der Waals surface area (Å²) in [6.07, 6.45) is 5.42. The lowest BCUT2D eigenvalue weighted by Gasteiger charge is -2.24. The number of hydrogen-bond acceptors (Lipinski definition) is 3. The van der Waals surface area contributed by atoms with Crippen molar-refractivity contribution in [2.75, 3.05) is 13.2 Å². The molecule has 0 aliphatic heterocycles. The maximum absolute atomic E-state index is 5.86. The van der Waals surface area contributed by atoms with E-state index in [-0.39, 0.29) is 0 Å². The third kappa shape index (κ3) is 4.95. The molecule has 1 aromatic heterocycles. The number of rotatable bonds is 9. The summed E-state index contributed by atoms with van der Waals surface area (Å²) < 4.78 is 11.6. The van der Waals surface area contributed by atoms with Crippen molar-refractivity contribution in [1.82, 2.24) is 5.32 Å². The van der Waals surface area contributed by atoms with Crippen LogP contribution in [0.25, 0.3) is 0 Å². The second-order valence-corrected chi connectivity index (χ2v) is 6.48. The Morgan fingerprint density at radius 2 is 2.20 bits per heavy atom. The molecule has 0 unspecified atom stereocenters. The molecular formula is C17H29NO2. The van der Waals surface area contributed by atoms with Crippen molar-refractivity contribution in [3.05, 3.63) is 23.2 Å². The first-order chi connectivity index (χ1) is 9.65. The van der Waals surface area contributed by atoms with Crippen LogP contribution in [0.4, 0.5) is 0 Å². The fraction of sp³-hybridized carbons (Fsp3) is 0.765. The van der Waals surface area contributed by atoms with Crippen molar-refractivity contribution >= 4 is 0 Å². The van der Waals surface area contributed by atoms with E-state index in [1.807, 2.05) is 0 Å². The third-order valence-corrected chi connectivity index (χ3v) is 4.05. The zero-order valence-electron chi connectivity index (χ0n) is 13.2. The van der Waals surface area contributed by atoms with Gasteiger partial charge in [-0.3, -0.25) is 0 Å². The van der Waals surface area contributed by atoms with Gasteiger partial charge in [-0.05, 0) is 43.4 Å². The Kier molecular flexibility index (Phi) is 6.11. The van der Waals surface area contributed by atoms with Crippen LogP contribution in [0.5, 0.6) is 0 Å². The first kappa shape index (κ1) is 15.6. The van der Waals surface area contributed by atoms with Crippen LogP contribution in [0.1, 0.15) is 56.6 Å². The Labute approximate surface area is 123 Å². The van der Waals surface area contributed by atoms with Gasteiger partial charge in [0, 0.05) is 6.61 Å². The van der Waals surface area contributed by atoms with Gasteiger partial charge in [0.05, 0.1) is 6.54 Å². The molecule has 0 bridgehead atoms. The molecule has 0 radical (unpaired) electrons. The van der Waals surface area contributed by atoms with E-state index in [4.69, 9.17) is 9.15 Å². The largest absolute Gasteiger partial charge is 0.462 e. The molecule has 1 aliphatic carbocycles. The second-order valence-electron chi connectivity index (χ2n) is 6.48. The van der Waals surface area contributed by atoms with Gasteiger partial charge in [-0.25, -0.2) is 0 Å². The lowest BCUT2D eigenvalue weighted by molar-refractivity contribution is 0.0829. The number of ether oxygens (including phenoxy) is 1. The van der Waals surface area contributed by atoms with Gasteiger partial charge in [0.15, 0.2) is 0 Å². The van der Waals surface area contributed by atoms with Crippen molar-refractivity contribution in [3.8, 4) is 0 Å². The SMILES string of the molecule is Cc1cc(COCCC2CCC2)oc1CNCC(C)C. The predicted octanol–water partition coefficient (Wildman–Crippen LogP) is 4.04. The molecule has 20 heavy (non-hydrogen) atoms. The number of furan rings is 1. The van der Waals surface area contributed by atoms with E-state index >= 15 is 0 Å². The average molecular weight is 279 g/mol. The van der Waals surface area contributed by atoms with Crippen LogP contribution in [-0.4, -0.2) is 13.2 Å². The molecule has 114 valence electrons. The fourth-order valence-electron chi connectivity index (χ4n) is 2.52. The quantitative estimate of drug-likeness (QED) is 0.693. The summed E-state index contributed by atoms with van der Waals surface area (Å²) in [6.45, 7) is 9.84. The predicted molar refractivity (Wildman–Crippen MR) is 81.6 cm³/mol. The molecule has 1 aliphatic rings. The number of hydrogen-bond donors (Lipinski definition) is 1. The average Bonchev–Trinajstić information content (AvgIpc) is 2.67. The first-order valence-corrected chi connectivity index (χ1v) is 8.01. The maximum atomic E-state index is 5.86. The summed E-state index contributed by atoms with van der Waals surface area (Å²) in [6, 6.07) is 2.11. The van der Waals surface area contributed by atoms with Gasteiger partial charge in [-0.2, -0.15) is 0 Å². The third-order valence-electron chi connectivity index (χ3n) is 4.05. The second kappa shape index (κ2) is 7.84. The molecule has 0 atom stereocenters. The van der Waals surface area contributed by atoms with Crippen molar-refractivity contribution in [2.45, 2.75) is 59.6 Å². The van der Waals surface area contributed by atoms with E-state index in [0.29, 0.717) is 12.5 Å². The van der Waals surface area contributed by atoms with Crippen molar-refractivity contribution in [1.29, 1.82) is 0 Å². The van der Waals surface area contributed by atoms with E-state index in [0.717, 1.165) is 37.1 Å². The highest BCUT2D eigenvalue weighted by atomic mass is 16.5. The molecule has 1 fully saturated rings. The molecule has 3 heteroatoms. The van der Waals surface area contributed by atoms with Gasteiger partial charge >= 0.3 is 0 Å². The van der Waals surface area contributed by atoms with E-state index in [9.17, 15) is 0 Å². The number of aryl methyl sites for hydroxylation is 1. The summed E-state index contributed by atoms with van der Waals surface area (Å²) in [4.78, 5) is 0.